The van der Waals surface area contributed by atoms with Gasteiger partial charge in [0.2, 0.25) is 0 Å². The first kappa shape index (κ1) is 16.2. The van der Waals surface area contributed by atoms with Gasteiger partial charge in [0.15, 0.2) is 17.3 Å². The first-order chi connectivity index (χ1) is 13.3. The van der Waals surface area contributed by atoms with Gasteiger partial charge in [0.1, 0.15) is 5.82 Å². The molecule has 5 rings (SSSR count). The maximum atomic E-state index is 12.0. The van der Waals surface area contributed by atoms with Crippen LogP contribution in [0.2, 0.25) is 0 Å². The second-order valence-electron chi connectivity index (χ2n) is 7.22. The lowest BCUT2D eigenvalue weighted by Crippen LogP contribution is -2.37. The largest absolute Gasteiger partial charge is 0.355 e. The van der Waals surface area contributed by atoms with Crippen LogP contribution in [0.3, 0.4) is 0 Å². The Morgan fingerprint density at radius 3 is 2.59 bits per heavy atom. The van der Waals surface area contributed by atoms with Gasteiger partial charge in [-0.15, -0.1) is 15.3 Å². The molecule has 5 heterocycles. The highest BCUT2D eigenvalue weighted by atomic mass is 16.1. The van der Waals surface area contributed by atoms with Crippen molar-refractivity contribution in [2.75, 3.05) is 36.0 Å². The second kappa shape index (κ2) is 6.64. The van der Waals surface area contributed by atoms with Crippen LogP contribution < -0.4 is 15.4 Å². The number of piperidine rings is 1. The van der Waals surface area contributed by atoms with Crippen molar-refractivity contribution in [3.63, 3.8) is 0 Å². The molecule has 9 heteroatoms. The van der Waals surface area contributed by atoms with E-state index in [0.717, 1.165) is 56.3 Å². The minimum Gasteiger partial charge on any atom is -0.355 e. The van der Waals surface area contributed by atoms with Crippen LogP contribution in [0.25, 0.3) is 5.65 Å². The molecule has 0 radical (unpaired) electrons. The van der Waals surface area contributed by atoms with E-state index < -0.39 is 0 Å². The van der Waals surface area contributed by atoms with Gasteiger partial charge in [0, 0.05) is 44.5 Å². The number of rotatable bonds is 3. The summed E-state index contributed by atoms with van der Waals surface area (Å²) in [5.74, 6) is 2.69. The number of hydrogen-bond donors (Lipinski definition) is 1. The lowest BCUT2D eigenvalue weighted by molar-refractivity contribution is 0.474. The van der Waals surface area contributed by atoms with E-state index in [9.17, 15) is 4.79 Å². The van der Waals surface area contributed by atoms with Crippen LogP contribution in [-0.4, -0.2) is 56.0 Å². The summed E-state index contributed by atoms with van der Waals surface area (Å²) in [4.78, 5) is 23.2. The molecule has 3 aromatic heterocycles. The molecule has 140 valence electrons. The maximum Gasteiger partial charge on any atom is 0.290 e. The van der Waals surface area contributed by atoms with Crippen molar-refractivity contribution in [1.29, 1.82) is 0 Å². The molecule has 0 bridgehead atoms. The Morgan fingerprint density at radius 1 is 1.00 bits per heavy atom. The van der Waals surface area contributed by atoms with Crippen LogP contribution in [0.15, 0.2) is 29.3 Å². The van der Waals surface area contributed by atoms with Gasteiger partial charge in [-0.05, 0) is 37.8 Å². The fourth-order valence-electron chi connectivity index (χ4n) is 4.08. The van der Waals surface area contributed by atoms with Crippen molar-refractivity contribution in [3.8, 4) is 0 Å². The number of H-pyrrole nitrogens is 1. The first-order valence-corrected chi connectivity index (χ1v) is 9.55. The summed E-state index contributed by atoms with van der Waals surface area (Å²) in [5.41, 5.74) is 0.650. The fraction of sp³-hybridized carbons (Fsp3) is 0.500. The molecule has 0 aliphatic carbocycles. The minimum atomic E-state index is -0.138. The third-order valence-corrected chi connectivity index (χ3v) is 5.55. The summed E-state index contributed by atoms with van der Waals surface area (Å²) < 4.78 is 1.90. The van der Waals surface area contributed by atoms with Crippen LogP contribution in [0, 0.1) is 0 Å². The highest BCUT2D eigenvalue weighted by Gasteiger charge is 2.27. The molecule has 9 nitrogen and oxygen atoms in total. The van der Waals surface area contributed by atoms with Crippen molar-refractivity contribution >= 4 is 17.3 Å². The Hall–Kier alpha value is -2.97. The van der Waals surface area contributed by atoms with Crippen molar-refractivity contribution in [2.45, 2.75) is 31.6 Å². The summed E-state index contributed by atoms with van der Waals surface area (Å²) >= 11 is 0. The molecule has 3 aromatic rings. The van der Waals surface area contributed by atoms with Crippen molar-refractivity contribution in [1.82, 2.24) is 29.8 Å². The number of hydrogen-bond acceptors (Lipinski definition) is 7. The molecule has 0 atom stereocenters. The molecular formula is C18H22N8O. The van der Waals surface area contributed by atoms with Gasteiger partial charge in [-0.25, -0.2) is 4.98 Å². The van der Waals surface area contributed by atoms with Crippen LogP contribution in [-0.2, 0) is 0 Å². The molecular weight excluding hydrogens is 344 g/mol. The Kier molecular flexibility index (Phi) is 3.99. The third-order valence-electron chi connectivity index (χ3n) is 5.55. The van der Waals surface area contributed by atoms with E-state index in [2.05, 4.69) is 25.1 Å². The quantitative estimate of drug-likeness (QED) is 0.744. The number of nitrogens with zero attached hydrogens (tertiary/aromatic N) is 7. The number of aromatic amines is 1. The molecule has 27 heavy (non-hydrogen) atoms. The Labute approximate surface area is 156 Å². The monoisotopic (exact) mass is 366 g/mol. The fourth-order valence-corrected chi connectivity index (χ4v) is 4.08. The van der Waals surface area contributed by atoms with Gasteiger partial charge >= 0.3 is 0 Å². The van der Waals surface area contributed by atoms with Crippen LogP contribution in [0.5, 0.6) is 0 Å². The molecule has 0 saturated carbocycles. The van der Waals surface area contributed by atoms with Gasteiger partial charge in [-0.3, -0.25) is 4.79 Å². The molecule has 2 saturated heterocycles. The van der Waals surface area contributed by atoms with E-state index in [1.165, 1.54) is 12.8 Å². The summed E-state index contributed by atoms with van der Waals surface area (Å²) in [5, 5.41) is 13.6. The molecule has 1 N–H and O–H groups in total. The van der Waals surface area contributed by atoms with E-state index in [0.29, 0.717) is 5.82 Å². The van der Waals surface area contributed by atoms with Gasteiger partial charge in [0.05, 0.1) is 0 Å². The second-order valence-corrected chi connectivity index (χ2v) is 7.22. The normalized spacial score (nSPS) is 18.5. The Bertz CT molecular complexity index is 998. The SMILES string of the molecule is O=c1[nH]ccnc1N1CCC(c2nnc3ccc(N4CCCC4)nn23)CC1. The summed E-state index contributed by atoms with van der Waals surface area (Å²) in [6.45, 7) is 3.66. The highest BCUT2D eigenvalue weighted by Crippen LogP contribution is 2.28. The molecule has 2 fully saturated rings. The minimum absolute atomic E-state index is 0.138. The average molecular weight is 366 g/mol. The van der Waals surface area contributed by atoms with Gasteiger partial charge in [-0.1, -0.05) is 0 Å². The zero-order chi connectivity index (χ0) is 18.2. The van der Waals surface area contributed by atoms with E-state index in [-0.39, 0.29) is 11.5 Å². The molecule has 0 unspecified atom stereocenters. The average Bonchev–Trinajstić information content (AvgIpc) is 3.38. The Morgan fingerprint density at radius 2 is 1.81 bits per heavy atom. The predicted molar refractivity (Wildman–Crippen MR) is 101 cm³/mol. The lowest BCUT2D eigenvalue weighted by atomic mass is 9.96. The molecule has 0 amide bonds. The predicted octanol–water partition coefficient (Wildman–Crippen LogP) is 1.19. The summed E-state index contributed by atoms with van der Waals surface area (Å²) in [7, 11) is 0. The summed E-state index contributed by atoms with van der Waals surface area (Å²) in [6.07, 6.45) is 7.42. The zero-order valence-electron chi connectivity index (χ0n) is 15.1. The number of fused-ring (bicyclic) bond motifs is 1. The van der Waals surface area contributed by atoms with Crippen LogP contribution in [0.4, 0.5) is 11.6 Å². The van der Waals surface area contributed by atoms with E-state index in [1.54, 1.807) is 12.4 Å². The van der Waals surface area contributed by atoms with Gasteiger partial charge in [-0.2, -0.15) is 4.52 Å². The number of aromatic nitrogens is 6. The zero-order valence-corrected chi connectivity index (χ0v) is 15.1. The van der Waals surface area contributed by atoms with Gasteiger partial charge < -0.3 is 14.8 Å². The first-order valence-electron chi connectivity index (χ1n) is 9.55. The molecule has 0 spiro atoms. The number of nitrogens with one attached hydrogen (secondary N) is 1. The van der Waals surface area contributed by atoms with Crippen molar-refractivity contribution in [3.05, 3.63) is 40.7 Å². The maximum absolute atomic E-state index is 12.0. The smallest absolute Gasteiger partial charge is 0.290 e. The molecule has 0 aromatic carbocycles. The van der Waals surface area contributed by atoms with Gasteiger partial charge in [0.25, 0.3) is 5.56 Å². The standard InChI is InChI=1S/C18H22N8O/c27-18-17(19-7-8-20-18)25-11-5-13(6-12-25)16-22-21-14-3-4-15(23-26(14)16)24-9-1-2-10-24/h3-4,7-8,13H,1-2,5-6,9-12H2,(H,20,27). The summed E-state index contributed by atoms with van der Waals surface area (Å²) in [6, 6.07) is 4.04. The number of anilines is 2. The van der Waals surface area contributed by atoms with Crippen LogP contribution >= 0.6 is 0 Å². The van der Waals surface area contributed by atoms with Crippen molar-refractivity contribution < 1.29 is 0 Å². The highest BCUT2D eigenvalue weighted by molar-refractivity contribution is 5.46. The van der Waals surface area contributed by atoms with Crippen LogP contribution in [0.1, 0.15) is 37.4 Å². The van der Waals surface area contributed by atoms with E-state index in [1.807, 2.05) is 21.5 Å². The van der Waals surface area contributed by atoms with E-state index >= 15 is 0 Å². The molecule has 2 aliphatic heterocycles. The van der Waals surface area contributed by atoms with Crippen molar-refractivity contribution in [2.24, 2.45) is 0 Å². The topological polar surface area (TPSA) is 95.3 Å². The lowest BCUT2D eigenvalue weighted by Gasteiger charge is -2.31. The molecule has 2 aliphatic rings. The third kappa shape index (κ3) is 2.92. The van der Waals surface area contributed by atoms with E-state index in [4.69, 9.17) is 5.10 Å². The Balaban J connectivity index is 1.37.